The number of rotatable bonds is 5. The van der Waals surface area contributed by atoms with E-state index in [0.717, 1.165) is 0 Å². The molecule has 31 heavy (non-hydrogen) atoms. The van der Waals surface area contributed by atoms with E-state index in [4.69, 9.17) is 16.3 Å². The van der Waals surface area contributed by atoms with Gasteiger partial charge in [-0.1, -0.05) is 66.2 Å². The van der Waals surface area contributed by atoms with Gasteiger partial charge in [-0.3, -0.25) is 5.10 Å². The number of hydrogen-bond donors (Lipinski definition) is 2. The van der Waals surface area contributed by atoms with Crippen molar-refractivity contribution in [2.75, 3.05) is 13.2 Å². The Morgan fingerprint density at radius 1 is 1.10 bits per heavy atom. The Morgan fingerprint density at radius 2 is 1.81 bits per heavy atom. The number of H-pyrrole nitrogens is 1. The van der Waals surface area contributed by atoms with Gasteiger partial charge in [-0.15, -0.1) is 0 Å². The molecule has 0 atom stereocenters. The molecule has 0 unspecified atom stereocenters. The summed E-state index contributed by atoms with van der Waals surface area (Å²) in [5.41, 5.74) is 5.93. The minimum Gasteiger partial charge on any atom is -0.449 e. The molecule has 2 N–H and O–H groups in total. The number of amides is 1. The van der Waals surface area contributed by atoms with Crippen molar-refractivity contribution in [1.29, 1.82) is 0 Å². The molecule has 0 radical (unpaired) electrons. The average Bonchev–Trinajstić information content (AvgIpc) is 3.35. The second-order valence-corrected chi connectivity index (χ2v) is 7.47. The van der Waals surface area contributed by atoms with E-state index in [1.165, 1.54) is 28.6 Å². The van der Waals surface area contributed by atoms with Crippen LogP contribution in [-0.2, 0) is 4.74 Å². The van der Waals surface area contributed by atoms with Crippen molar-refractivity contribution in [3.8, 4) is 11.1 Å². The standard InChI is InChI=1S/C23H18ClN5O2/c24-21-20-19(28-29-22(20)27-13-26-21)10-5-11-25-23(30)31-12-18-16-8-3-1-6-14(16)15-7-2-4-9-17(15)18/h1-10,13,18H,11-12H2,(H,25,30)(H,26,27,28,29). The summed E-state index contributed by atoms with van der Waals surface area (Å²) in [4.78, 5) is 20.2. The molecule has 7 nitrogen and oxygen atoms in total. The van der Waals surface area contributed by atoms with Gasteiger partial charge in [0.25, 0.3) is 0 Å². The first-order valence-corrected chi connectivity index (χ1v) is 10.2. The first-order valence-electron chi connectivity index (χ1n) is 9.82. The van der Waals surface area contributed by atoms with E-state index in [1.54, 1.807) is 12.2 Å². The molecule has 1 aliphatic carbocycles. The first kappa shape index (κ1) is 19.3. The van der Waals surface area contributed by atoms with Gasteiger partial charge in [0.05, 0.1) is 11.1 Å². The molecule has 0 saturated heterocycles. The van der Waals surface area contributed by atoms with E-state index in [2.05, 4.69) is 49.7 Å². The number of carbonyl (C=O) groups is 1. The number of fused-ring (bicyclic) bond motifs is 4. The molecule has 154 valence electrons. The van der Waals surface area contributed by atoms with Gasteiger partial charge in [0.2, 0.25) is 0 Å². The zero-order chi connectivity index (χ0) is 21.2. The predicted octanol–water partition coefficient (Wildman–Crippen LogP) is 4.56. The number of nitrogens with zero attached hydrogens (tertiary/aromatic N) is 3. The number of benzene rings is 2. The minimum atomic E-state index is -0.470. The highest BCUT2D eigenvalue weighted by Crippen LogP contribution is 2.44. The van der Waals surface area contributed by atoms with Crippen molar-refractivity contribution in [1.82, 2.24) is 25.5 Å². The monoisotopic (exact) mass is 431 g/mol. The van der Waals surface area contributed by atoms with Crippen molar-refractivity contribution in [3.63, 3.8) is 0 Å². The largest absolute Gasteiger partial charge is 0.449 e. The van der Waals surface area contributed by atoms with Crippen LogP contribution in [0.25, 0.3) is 28.2 Å². The van der Waals surface area contributed by atoms with Gasteiger partial charge in [0.15, 0.2) is 5.65 Å². The van der Waals surface area contributed by atoms with Crippen LogP contribution in [-0.4, -0.2) is 39.4 Å². The van der Waals surface area contributed by atoms with Gasteiger partial charge in [0.1, 0.15) is 18.1 Å². The molecule has 0 fully saturated rings. The Morgan fingerprint density at radius 3 is 2.55 bits per heavy atom. The predicted molar refractivity (Wildman–Crippen MR) is 119 cm³/mol. The third-order valence-electron chi connectivity index (χ3n) is 5.33. The quantitative estimate of drug-likeness (QED) is 0.452. The van der Waals surface area contributed by atoms with E-state index in [0.29, 0.717) is 28.4 Å². The van der Waals surface area contributed by atoms with Gasteiger partial charge in [-0.25, -0.2) is 14.8 Å². The Bertz CT molecular complexity index is 1250. The molecule has 2 heterocycles. The lowest BCUT2D eigenvalue weighted by atomic mass is 9.98. The topological polar surface area (TPSA) is 92.8 Å². The number of hydrogen-bond acceptors (Lipinski definition) is 5. The zero-order valence-corrected chi connectivity index (χ0v) is 17.1. The fourth-order valence-corrected chi connectivity index (χ4v) is 4.16. The number of nitrogens with one attached hydrogen (secondary N) is 2. The molecule has 0 bridgehead atoms. The van der Waals surface area contributed by atoms with Crippen molar-refractivity contribution < 1.29 is 9.53 Å². The summed E-state index contributed by atoms with van der Waals surface area (Å²) in [6.45, 7) is 0.574. The summed E-state index contributed by atoms with van der Waals surface area (Å²) in [6.07, 6.45) is 4.44. The molecule has 1 amide bonds. The number of aromatic nitrogens is 4. The van der Waals surface area contributed by atoms with Gasteiger partial charge in [0, 0.05) is 12.5 Å². The van der Waals surface area contributed by atoms with Gasteiger partial charge in [-0.2, -0.15) is 5.10 Å². The summed E-state index contributed by atoms with van der Waals surface area (Å²) >= 11 is 6.11. The van der Waals surface area contributed by atoms with Crippen molar-refractivity contribution >= 4 is 34.8 Å². The molecule has 0 spiro atoms. The van der Waals surface area contributed by atoms with E-state index in [9.17, 15) is 4.79 Å². The highest BCUT2D eigenvalue weighted by molar-refractivity contribution is 6.34. The molecular weight excluding hydrogens is 414 g/mol. The number of halogens is 1. The number of ether oxygens (including phenoxy) is 1. The molecule has 2 aromatic heterocycles. The van der Waals surface area contributed by atoms with Crippen LogP contribution in [0.15, 0.2) is 60.9 Å². The summed E-state index contributed by atoms with van der Waals surface area (Å²) in [6, 6.07) is 16.5. The van der Waals surface area contributed by atoms with Crippen LogP contribution in [0.5, 0.6) is 0 Å². The molecule has 2 aromatic carbocycles. The molecule has 4 aromatic rings. The van der Waals surface area contributed by atoms with Gasteiger partial charge in [-0.05, 0) is 28.3 Å². The maximum atomic E-state index is 12.2. The third kappa shape index (κ3) is 3.64. The average molecular weight is 432 g/mol. The fourth-order valence-electron chi connectivity index (χ4n) is 3.93. The molecule has 8 heteroatoms. The summed E-state index contributed by atoms with van der Waals surface area (Å²) < 4.78 is 5.52. The van der Waals surface area contributed by atoms with E-state index < -0.39 is 6.09 Å². The highest BCUT2D eigenvalue weighted by atomic mass is 35.5. The summed E-state index contributed by atoms with van der Waals surface area (Å²) in [5, 5.41) is 10.6. The lowest BCUT2D eigenvalue weighted by Gasteiger charge is -2.14. The molecule has 0 aliphatic heterocycles. The van der Waals surface area contributed by atoms with Crippen molar-refractivity contribution in [2.24, 2.45) is 0 Å². The van der Waals surface area contributed by atoms with E-state index in [1.807, 2.05) is 24.3 Å². The van der Waals surface area contributed by atoms with Gasteiger partial charge >= 0.3 is 6.09 Å². The van der Waals surface area contributed by atoms with E-state index >= 15 is 0 Å². The molecule has 0 saturated carbocycles. The lowest BCUT2D eigenvalue weighted by Crippen LogP contribution is -2.26. The second kappa shape index (κ2) is 8.20. The van der Waals surface area contributed by atoms with Crippen LogP contribution >= 0.6 is 11.6 Å². The normalized spacial score (nSPS) is 12.8. The maximum Gasteiger partial charge on any atom is 0.407 e. The Labute approximate surface area is 183 Å². The van der Waals surface area contributed by atoms with Crippen LogP contribution in [0.3, 0.4) is 0 Å². The Balaban J connectivity index is 1.20. The second-order valence-electron chi connectivity index (χ2n) is 7.11. The van der Waals surface area contributed by atoms with Crippen LogP contribution in [0.1, 0.15) is 22.7 Å². The zero-order valence-electron chi connectivity index (χ0n) is 16.4. The van der Waals surface area contributed by atoms with Gasteiger partial charge < -0.3 is 10.1 Å². The first-order chi connectivity index (χ1) is 15.2. The molecular formula is C23H18ClN5O2. The minimum absolute atomic E-state index is 0.0344. The number of aromatic amines is 1. The lowest BCUT2D eigenvalue weighted by molar-refractivity contribution is 0.144. The van der Waals surface area contributed by atoms with E-state index in [-0.39, 0.29) is 12.5 Å². The van der Waals surface area contributed by atoms with Crippen LogP contribution in [0.4, 0.5) is 4.79 Å². The van der Waals surface area contributed by atoms with Crippen molar-refractivity contribution in [2.45, 2.75) is 5.92 Å². The smallest absolute Gasteiger partial charge is 0.407 e. The maximum absolute atomic E-state index is 12.2. The molecule has 1 aliphatic rings. The summed E-state index contributed by atoms with van der Waals surface area (Å²) in [7, 11) is 0. The fraction of sp³-hybridized carbons (Fsp3) is 0.130. The highest BCUT2D eigenvalue weighted by Gasteiger charge is 2.28. The summed E-state index contributed by atoms with van der Waals surface area (Å²) in [5.74, 6) is 0.0344. The Hall–Kier alpha value is -3.71. The third-order valence-corrected chi connectivity index (χ3v) is 5.61. The van der Waals surface area contributed by atoms with Crippen LogP contribution < -0.4 is 5.32 Å². The molecule has 5 rings (SSSR count). The SMILES string of the molecule is O=C(NCC=Cc1[nH]nc2ncnc(Cl)c12)OCC1c2ccccc2-c2ccccc21. The van der Waals surface area contributed by atoms with Crippen molar-refractivity contribution in [3.05, 3.63) is 82.9 Å². The number of carbonyl (C=O) groups excluding carboxylic acids is 1. The number of alkyl carbamates (subject to hydrolysis) is 1. The Kier molecular flexibility index (Phi) is 5.09. The van der Waals surface area contributed by atoms with Crippen LogP contribution in [0, 0.1) is 0 Å². The van der Waals surface area contributed by atoms with Crippen LogP contribution in [0.2, 0.25) is 5.15 Å².